The number of hydrogen-bond acceptors (Lipinski definition) is 4. The largest absolute Gasteiger partial charge is 0.318 e. The molecule has 3 aromatic rings. The molecule has 0 radical (unpaired) electrons. The predicted octanol–water partition coefficient (Wildman–Crippen LogP) is 2.99. The maximum absolute atomic E-state index is 12.3. The van der Waals surface area contributed by atoms with E-state index in [-0.39, 0.29) is 18.4 Å². The van der Waals surface area contributed by atoms with Gasteiger partial charge < -0.3 is 4.57 Å². The first-order chi connectivity index (χ1) is 12.5. The molecule has 2 N–H and O–H groups in total. The van der Waals surface area contributed by atoms with Gasteiger partial charge in [-0.25, -0.2) is 4.98 Å². The summed E-state index contributed by atoms with van der Waals surface area (Å²) in [5.74, 6) is 0.256. The average molecular weight is 370 g/mol. The number of benzene rings is 1. The SMILES string of the molecule is CCc1cc(C(=O)NNC(=O)Cn2c(CC)nc3ccccc32)sc1C. The number of nitrogens with zero attached hydrogens (tertiary/aromatic N) is 2. The van der Waals surface area contributed by atoms with Gasteiger partial charge in [0, 0.05) is 11.3 Å². The van der Waals surface area contributed by atoms with E-state index in [1.54, 1.807) is 0 Å². The van der Waals surface area contributed by atoms with Crippen LogP contribution in [0.4, 0.5) is 0 Å². The number of rotatable bonds is 5. The maximum atomic E-state index is 12.3. The van der Waals surface area contributed by atoms with Crippen LogP contribution in [0.1, 0.15) is 39.8 Å². The van der Waals surface area contributed by atoms with Crippen LogP contribution < -0.4 is 10.9 Å². The summed E-state index contributed by atoms with van der Waals surface area (Å²) in [5, 5.41) is 0. The molecule has 0 atom stereocenters. The number of nitrogens with one attached hydrogen (secondary N) is 2. The van der Waals surface area contributed by atoms with E-state index < -0.39 is 0 Å². The number of aromatic nitrogens is 2. The molecule has 0 aliphatic rings. The van der Waals surface area contributed by atoms with Crippen molar-refractivity contribution in [3.63, 3.8) is 0 Å². The average Bonchev–Trinajstić information content (AvgIpc) is 3.20. The third-order valence-electron chi connectivity index (χ3n) is 4.29. The first-order valence-corrected chi connectivity index (χ1v) is 9.47. The van der Waals surface area contributed by atoms with E-state index in [4.69, 9.17) is 0 Å². The van der Waals surface area contributed by atoms with Crippen LogP contribution in [0.25, 0.3) is 11.0 Å². The lowest BCUT2D eigenvalue weighted by molar-refractivity contribution is -0.122. The van der Waals surface area contributed by atoms with E-state index in [9.17, 15) is 9.59 Å². The lowest BCUT2D eigenvalue weighted by atomic mass is 10.2. The molecule has 1 aromatic carbocycles. The van der Waals surface area contributed by atoms with E-state index in [1.165, 1.54) is 11.3 Å². The predicted molar refractivity (Wildman–Crippen MR) is 103 cm³/mol. The molecule has 26 heavy (non-hydrogen) atoms. The van der Waals surface area contributed by atoms with Gasteiger partial charge in [-0.2, -0.15) is 0 Å². The zero-order valence-electron chi connectivity index (χ0n) is 15.1. The minimum absolute atomic E-state index is 0.105. The Hall–Kier alpha value is -2.67. The normalized spacial score (nSPS) is 10.9. The monoisotopic (exact) mass is 370 g/mol. The number of para-hydroxylation sites is 2. The van der Waals surface area contributed by atoms with Crippen molar-refractivity contribution in [3.8, 4) is 0 Å². The second-order valence-corrected chi connectivity index (χ2v) is 7.26. The van der Waals surface area contributed by atoms with E-state index in [0.717, 1.165) is 40.1 Å². The van der Waals surface area contributed by atoms with Crippen LogP contribution in [0.15, 0.2) is 30.3 Å². The van der Waals surface area contributed by atoms with Crippen molar-refractivity contribution in [2.45, 2.75) is 40.2 Å². The number of imidazole rings is 1. The summed E-state index contributed by atoms with van der Waals surface area (Å²) >= 11 is 1.43. The van der Waals surface area contributed by atoms with Crippen LogP contribution in [-0.2, 0) is 24.2 Å². The zero-order valence-corrected chi connectivity index (χ0v) is 15.9. The van der Waals surface area contributed by atoms with Crippen molar-refractivity contribution in [2.24, 2.45) is 0 Å². The summed E-state index contributed by atoms with van der Waals surface area (Å²) in [6.45, 7) is 6.16. The third kappa shape index (κ3) is 3.62. The molecule has 0 aliphatic carbocycles. The molecule has 0 unspecified atom stereocenters. The molecule has 2 heterocycles. The minimum Gasteiger partial charge on any atom is -0.318 e. The van der Waals surface area contributed by atoms with Crippen molar-refractivity contribution >= 4 is 34.2 Å². The Bertz CT molecular complexity index is 958. The van der Waals surface area contributed by atoms with E-state index in [0.29, 0.717) is 4.88 Å². The highest BCUT2D eigenvalue weighted by Gasteiger charge is 2.15. The number of thiophene rings is 1. The van der Waals surface area contributed by atoms with Crippen molar-refractivity contribution in [3.05, 3.63) is 51.5 Å². The molecule has 0 saturated carbocycles. The number of hydrazine groups is 1. The Morgan fingerprint density at radius 3 is 2.62 bits per heavy atom. The van der Waals surface area contributed by atoms with Gasteiger partial charge in [-0.3, -0.25) is 20.4 Å². The molecule has 0 saturated heterocycles. The highest BCUT2D eigenvalue weighted by Crippen LogP contribution is 2.21. The lowest BCUT2D eigenvalue weighted by Crippen LogP contribution is -2.43. The highest BCUT2D eigenvalue weighted by atomic mass is 32.1. The van der Waals surface area contributed by atoms with Crippen molar-refractivity contribution in [1.82, 2.24) is 20.4 Å². The van der Waals surface area contributed by atoms with Gasteiger partial charge in [0.25, 0.3) is 11.8 Å². The molecule has 2 amide bonds. The Labute approximate surface area is 156 Å². The summed E-state index contributed by atoms with van der Waals surface area (Å²) in [4.78, 5) is 30.8. The van der Waals surface area contributed by atoms with Gasteiger partial charge in [-0.15, -0.1) is 11.3 Å². The van der Waals surface area contributed by atoms with Gasteiger partial charge in [0.15, 0.2) is 0 Å². The minimum atomic E-state index is -0.294. The van der Waals surface area contributed by atoms with Crippen LogP contribution in [0.3, 0.4) is 0 Å². The van der Waals surface area contributed by atoms with Gasteiger partial charge in [0.2, 0.25) is 0 Å². The first-order valence-electron chi connectivity index (χ1n) is 8.66. The molecule has 6 nitrogen and oxygen atoms in total. The van der Waals surface area contributed by atoms with Crippen molar-refractivity contribution < 1.29 is 9.59 Å². The number of carbonyl (C=O) groups excluding carboxylic acids is 2. The summed E-state index contributed by atoms with van der Waals surface area (Å²) in [6, 6.07) is 9.58. The van der Waals surface area contributed by atoms with Gasteiger partial charge in [-0.05, 0) is 37.1 Å². The highest BCUT2D eigenvalue weighted by molar-refractivity contribution is 7.14. The van der Waals surface area contributed by atoms with E-state index in [2.05, 4.69) is 22.8 Å². The van der Waals surface area contributed by atoms with E-state index >= 15 is 0 Å². The molecule has 136 valence electrons. The number of hydrogen-bond donors (Lipinski definition) is 2. The number of amides is 2. The van der Waals surface area contributed by atoms with Gasteiger partial charge in [0.1, 0.15) is 12.4 Å². The van der Waals surface area contributed by atoms with Crippen LogP contribution in [-0.4, -0.2) is 21.4 Å². The Kier molecular flexibility index (Phi) is 5.37. The molecule has 3 rings (SSSR count). The fourth-order valence-electron chi connectivity index (χ4n) is 2.93. The van der Waals surface area contributed by atoms with Gasteiger partial charge >= 0.3 is 0 Å². The van der Waals surface area contributed by atoms with Crippen molar-refractivity contribution in [2.75, 3.05) is 0 Å². The Morgan fingerprint density at radius 1 is 1.15 bits per heavy atom. The summed E-state index contributed by atoms with van der Waals surface area (Å²) in [7, 11) is 0. The maximum Gasteiger partial charge on any atom is 0.279 e. The first kappa shape index (κ1) is 18.1. The second kappa shape index (κ2) is 7.70. The number of aryl methyl sites for hydroxylation is 3. The molecule has 2 aromatic heterocycles. The third-order valence-corrected chi connectivity index (χ3v) is 5.38. The summed E-state index contributed by atoms with van der Waals surface area (Å²) in [6.07, 6.45) is 1.61. The fourth-order valence-corrected chi connectivity index (χ4v) is 3.93. The van der Waals surface area contributed by atoms with Crippen LogP contribution in [0, 0.1) is 6.92 Å². The van der Waals surface area contributed by atoms with Crippen molar-refractivity contribution in [1.29, 1.82) is 0 Å². The fraction of sp³-hybridized carbons (Fsp3) is 0.316. The smallest absolute Gasteiger partial charge is 0.279 e. The van der Waals surface area contributed by atoms with Crippen LogP contribution >= 0.6 is 11.3 Å². The standard InChI is InChI=1S/C19H22N4O2S/c1-4-13-10-16(26-12(13)3)19(25)22-21-18(24)11-23-15-9-7-6-8-14(15)20-17(23)5-2/h6-10H,4-5,11H2,1-3H3,(H,21,24)(H,22,25). The number of fused-ring (bicyclic) bond motifs is 1. The molecule has 0 spiro atoms. The van der Waals surface area contributed by atoms with Crippen LogP contribution in [0.2, 0.25) is 0 Å². The summed E-state index contributed by atoms with van der Waals surface area (Å²) < 4.78 is 1.88. The van der Waals surface area contributed by atoms with Gasteiger partial charge in [0.05, 0.1) is 15.9 Å². The molecule has 7 heteroatoms. The quantitative estimate of drug-likeness (QED) is 0.678. The molecule has 0 bridgehead atoms. The number of carbonyl (C=O) groups is 2. The van der Waals surface area contributed by atoms with Crippen LogP contribution in [0.5, 0.6) is 0 Å². The molecule has 0 aliphatic heterocycles. The Morgan fingerprint density at radius 2 is 1.92 bits per heavy atom. The molecular weight excluding hydrogens is 348 g/mol. The van der Waals surface area contributed by atoms with Gasteiger partial charge in [-0.1, -0.05) is 26.0 Å². The topological polar surface area (TPSA) is 76.0 Å². The summed E-state index contributed by atoms with van der Waals surface area (Å²) in [5.41, 5.74) is 7.93. The lowest BCUT2D eigenvalue weighted by Gasteiger charge is -2.09. The molecular formula is C19H22N4O2S. The Balaban J connectivity index is 1.67. The zero-order chi connectivity index (χ0) is 18.7. The second-order valence-electron chi connectivity index (χ2n) is 6.00. The van der Waals surface area contributed by atoms with E-state index in [1.807, 2.05) is 48.7 Å². The molecule has 0 fully saturated rings.